The lowest BCUT2D eigenvalue weighted by Crippen LogP contribution is -2.05. The van der Waals surface area contributed by atoms with Gasteiger partial charge in [0.15, 0.2) is 0 Å². The van der Waals surface area contributed by atoms with Crippen LogP contribution in [-0.2, 0) is 6.54 Å². The van der Waals surface area contributed by atoms with Gasteiger partial charge in [-0.1, -0.05) is 0 Å². The molecule has 0 aromatic carbocycles. The van der Waals surface area contributed by atoms with E-state index in [0.717, 1.165) is 17.1 Å². The Balaban J connectivity index is 2.34. The first-order valence-electron chi connectivity index (χ1n) is 4.73. The van der Waals surface area contributed by atoms with E-state index in [0.29, 0.717) is 6.54 Å². The van der Waals surface area contributed by atoms with E-state index in [2.05, 4.69) is 15.1 Å². The van der Waals surface area contributed by atoms with Crippen molar-refractivity contribution in [2.75, 3.05) is 6.61 Å². The Morgan fingerprint density at radius 1 is 1.33 bits per heavy atom. The zero-order valence-corrected chi connectivity index (χ0v) is 8.46. The van der Waals surface area contributed by atoms with Gasteiger partial charge in [-0.3, -0.25) is 14.6 Å². The Labute approximate surface area is 87.4 Å². The molecular weight excluding hydrogens is 192 g/mol. The number of hydrogen-bond acceptors (Lipinski definition) is 4. The molecular formula is C10H12N4O. The predicted molar refractivity (Wildman–Crippen MR) is 55.1 cm³/mol. The summed E-state index contributed by atoms with van der Waals surface area (Å²) in [6.45, 7) is 2.54. The maximum absolute atomic E-state index is 8.84. The van der Waals surface area contributed by atoms with E-state index in [9.17, 15) is 0 Å². The first-order valence-corrected chi connectivity index (χ1v) is 4.73. The van der Waals surface area contributed by atoms with Crippen molar-refractivity contribution in [2.45, 2.75) is 13.5 Å². The fraction of sp³-hybridized carbons (Fsp3) is 0.300. The monoisotopic (exact) mass is 204 g/mol. The zero-order valence-electron chi connectivity index (χ0n) is 8.46. The molecule has 0 aliphatic carbocycles. The molecule has 2 rings (SSSR count). The van der Waals surface area contributed by atoms with Crippen LogP contribution in [0.5, 0.6) is 0 Å². The fourth-order valence-electron chi connectivity index (χ4n) is 1.39. The van der Waals surface area contributed by atoms with Gasteiger partial charge in [0, 0.05) is 18.1 Å². The van der Waals surface area contributed by atoms with E-state index >= 15 is 0 Å². The topological polar surface area (TPSA) is 63.8 Å². The van der Waals surface area contributed by atoms with E-state index in [1.54, 1.807) is 23.3 Å². The minimum atomic E-state index is 0.0857. The third-order valence-corrected chi connectivity index (χ3v) is 2.12. The molecule has 2 aromatic rings. The number of aryl methyl sites for hydroxylation is 1. The minimum Gasteiger partial charge on any atom is -0.394 e. The molecule has 0 atom stereocenters. The highest BCUT2D eigenvalue weighted by atomic mass is 16.3. The maximum Gasteiger partial charge on any atom is 0.113 e. The van der Waals surface area contributed by atoms with Crippen molar-refractivity contribution in [1.29, 1.82) is 0 Å². The summed E-state index contributed by atoms with van der Waals surface area (Å²) in [4.78, 5) is 8.15. The Hall–Kier alpha value is -1.75. The van der Waals surface area contributed by atoms with Crippen LogP contribution < -0.4 is 0 Å². The molecule has 2 aromatic heterocycles. The van der Waals surface area contributed by atoms with Gasteiger partial charge < -0.3 is 5.11 Å². The number of nitrogens with zero attached hydrogens (tertiary/aromatic N) is 4. The molecule has 2 heterocycles. The van der Waals surface area contributed by atoms with E-state index < -0.39 is 0 Å². The van der Waals surface area contributed by atoms with Gasteiger partial charge in [-0.25, -0.2) is 0 Å². The van der Waals surface area contributed by atoms with E-state index in [1.165, 1.54) is 0 Å². The molecule has 0 saturated carbocycles. The van der Waals surface area contributed by atoms with Crippen LogP contribution in [0.2, 0.25) is 0 Å². The Morgan fingerprint density at radius 3 is 2.87 bits per heavy atom. The van der Waals surface area contributed by atoms with Crippen LogP contribution in [0.4, 0.5) is 0 Å². The lowest BCUT2D eigenvalue weighted by Gasteiger charge is -1.99. The standard InChI is InChI=1S/C10H12N4O/c1-8-6-9(13-14(8)4-5-15)10-7-11-2-3-12-10/h2-3,6-7,15H,4-5H2,1H3. The number of rotatable bonds is 3. The molecule has 0 fully saturated rings. The molecule has 0 amide bonds. The van der Waals surface area contributed by atoms with Crippen LogP contribution >= 0.6 is 0 Å². The summed E-state index contributed by atoms with van der Waals surface area (Å²) in [5.74, 6) is 0. The van der Waals surface area contributed by atoms with Crippen molar-refractivity contribution in [2.24, 2.45) is 0 Å². The lowest BCUT2D eigenvalue weighted by molar-refractivity contribution is 0.268. The van der Waals surface area contributed by atoms with Crippen LogP contribution in [0, 0.1) is 6.92 Å². The molecule has 0 radical (unpaired) electrons. The lowest BCUT2D eigenvalue weighted by atomic mass is 10.3. The molecule has 0 bridgehead atoms. The van der Waals surface area contributed by atoms with Crippen LogP contribution in [0.25, 0.3) is 11.4 Å². The third kappa shape index (κ3) is 2.02. The number of aliphatic hydroxyl groups is 1. The van der Waals surface area contributed by atoms with Gasteiger partial charge in [-0.15, -0.1) is 0 Å². The second kappa shape index (κ2) is 4.18. The van der Waals surface area contributed by atoms with Crippen molar-refractivity contribution in [3.63, 3.8) is 0 Å². The summed E-state index contributed by atoms with van der Waals surface area (Å²) >= 11 is 0. The highest BCUT2D eigenvalue weighted by Crippen LogP contribution is 2.14. The Bertz CT molecular complexity index is 438. The van der Waals surface area contributed by atoms with Crippen molar-refractivity contribution in [1.82, 2.24) is 19.7 Å². The average Bonchev–Trinajstić information content (AvgIpc) is 2.63. The van der Waals surface area contributed by atoms with Crippen molar-refractivity contribution in [3.8, 4) is 11.4 Å². The molecule has 5 nitrogen and oxygen atoms in total. The molecule has 0 unspecified atom stereocenters. The molecule has 0 aliphatic rings. The SMILES string of the molecule is Cc1cc(-c2cnccn2)nn1CCO. The smallest absolute Gasteiger partial charge is 0.113 e. The van der Waals surface area contributed by atoms with Crippen LogP contribution in [0.1, 0.15) is 5.69 Å². The second-order valence-electron chi connectivity index (χ2n) is 3.21. The summed E-state index contributed by atoms with van der Waals surface area (Å²) in [6, 6.07) is 1.93. The molecule has 0 spiro atoms. The van der Waals surface area contributed by atoms with E-state index in [1.807, 2.05) is 13.0 Å². The third-order valence-electron chi connectivity index (χ3n) is 2.12. The van der Waals surface area contributed by atoms with Gasteiger partial charge >= 0.3 is 0 Å². The largest absolute Gasteiger partial charge is 0.394 e. The molecule has 0 saturated heterocycles. The minimum absolute atomic E-state index is 0.0857. The fourth-order valence-corrected chi connectivity index (χ4v) is 1.39. The highest BCUT2D eigenvalue weighted by molar-refractivity contribution is 5.52. The van der Waals surface area contributed by atoms with E-state index in [4.69, 9.17) is 5.11 Å². The van der Waals surface area contributed by atoms with Gasteiger partial charge in [0.2, 0.25) is 0 Å². The summed E-state index contributed by atoms with van der Waals surface area (Å²) in [7, 11) is 0. The Morgan fingerprint density at radius 2 is 2.20 bits per heavy atom. The number of aliphatic hydroxyl groups excluding tert-OH is 1. The maximum atomic E-state index is 8.84. The molecule has 0 aliphatic heterocycles. The normalized spacial score (nSPS) is 10.5. The van der Waals surface area contributed by atoms with Gasteiger partial charge in [-0.05, 0) is 13.0 Å². The molecule has 15 heavy (non-hydrogen) atoms. The van der Waals surface area contributed by atoms with Gasteiger partial charge in [-0.2, -0.15) is 5.10 Å². The molecule has 78 valence electrons. The summed E-state index contributed by atoms with van der Waals surface area (Å²) in [6.07, 6.45) is 4.93. The van der Waals surface area contributed by atoms with Crippen LogP contribution in [0.3, 0.4) is 0 Å². The van der Waals surface area contributed by atoms with Crippen molar-refractivity contribution in [3.05, 3.63) is 30.4 Å². The van der Waals surface area contributed by atoms with Crippen molar-refractivity contribution < 1.29 is 5.11 Å². The van der Waals surface area contributed by atoms with Crippen LogP contribution in [-0.4, -0.2) is 31.5 Å². The Kier molecular flexibility index (Phi) is 2.73. The van der Waals surface area contributed by atoms with Gasteiger partial charge in [0.1, 0.15) is 11.4 Å². The number of aromatic nitrogens is 4. The van der Waals surface area contributed by atoms with Crippen molar-refractivity contribution >= 4 is 0 Å². The summed E-state index contributed by atoms with van der Waals surface area (Å²) in [5.41, 5.74) is 2.54. The van der Waals surface area contributed by atoms with E-state index in [-0.39, 0.29) is 6.61 Å². The average molecular weight is 204 g/mol. The number of hydrogen-bond donors (Lipinski definition) is 1. The molecule has 1 N–H and O–H groups in total. The quantitative estimate of drug-likeness (QED) is 0.797. The zero-order chi connectivity index (χ0) is 10.7. The first-order chi connectivity index (χ1) is 7.31. The van der Waals surface area contributed by atoms with Gasteiger partial charge in [0.25, 0.3) is 0 Å². The highest BCUT2D eigenvalue weighted by Gasteiger charge is 2.06. The second-order valence-corrected chi connectivity index (χ2v) is 3.21. The van der Waals surface area contributed by atoms with Crippen LogP contribution in [0.15, 0.2) is 24.7 Å². The molecule has 5 heteroatoms. The summed E-state index contributed by atoms with van der Waals surface area (Å²) < 4.78 is 1.75. The van der Waals surface area contributed by atoms with Gasteiger partial charge in [0.05, 0.1) is 19.3 Å². The predicted octanol–water partition coefficient (Wildman–Crippen LogP) is 0.641. The summed E-state index contributed by atoms with van der Waals surface area (Å²) in [5, 5.41) is 13.2. The first kappa shape index (κ1) is 9.79.